The molecule has 2 N–H and O–H groups in total. The van der Waals surface area contributed by atoms with Crippen LogP contribution in [0.1, 0.15) is 0 Å². The number of aromatic nitrogens is 1. The van der Waals surface area contributed by atoms with Crippen LogP contribution in [-0.4, -0.2) is 37.7 Å². The summed E-state index contributed by atoms with van der Waals surface area (Å²) in [6.45, 7) is 0.916. The molecule has 3 rings (SSSR count). The van der Waals surface area contributed by atoms with Crippen LogP contribution in [-0.2, 0) is 9.84 Å². The molecule has 26 heavy (non-hydrogen) atoms. The SMILES string of the molecule is CS(=O)(=O)c1ccc(NCCNc2nc3ccccc3s2)c([N+](=O)[O-])c1. The van der Waals surface area contributed by atoms with Gasteiger partial charge in [0, 0.05) is 25.4 Å². The third-order valence-corrected chi connectivity index (χ3v) is 5.71. The highest BCUT2D eigenvalue weighted by molar-refractivity contribution is 7.90. The summed E-state index contributed by atoms with van der Waals surface area (Å²) >= 11 is 1.53. The topological polar surface area (TPSA) is 114 Å². The molecule has 0 aliphatic heterocycles. The fourth-order valence-electron chi connectivity index (χ4n) is 2.36. The number of fused-ring (bicyclic) bond motifs is 1. The highest BCUT2D eigenvalue weighted by Crippen LogP contribution is 2.28. The van der Waals surface area contributed by atoms with Crippen LogP contribution in [0.5, 0.6) is 0 Å². The zero-order valence-electron chi connectivity index (χ0n) is 13.8. The quantitative estimate of drug-likeness (QED) is 0.361. The van der Waals surface area contributed by atoms with Gasteiger partial charge in [0.15, 0.2) is 15.0 Å². The lowest BCUT2D eigenvalue weighted by molar-refractivity contribution is -0.384. The first-order chi connectivity index (χ1) is 12.3. The van der Waals surface area contributed by atoms with Crippen molar-refractivity contribution in [2.45, 2.75) is 4.90 Å². The number of hydrogen-bond donors (Lipinski definition) is 2. The molecule has 3 aromatic rings. The lowest BCUT2D eigenvalue weighted by atomic mass is 10.2. The summed E-state index contributed by atoms with van der Waals surface area (Å²) in [5, 5.41) is 18.1. The lowest BCUT2D eigenvalue weighted by Crippen LogP contribution is -2.14. The summed E-state index contributed by atoms with van der Waals surface area (Å²) in [6.07, 6.45) is 1.01. The summed E-state index contributed by atoms with van der Waals surface area (Å²) in [5.74, 6) is 0. The van der Waals surface area contributed by atoms with E-state index in [9.17, 15) is 18.5 Å². The third kappa shape index (κ3) is 4.09. The zero-order valence-corrected chi connectivity index (χ0v) is 15.4. The first-order valence-electron chi connectivity index (χ1n) is 7.66. The fraction of sp³-hybridized carbons (Fsp3) is 0.188. The van der Waals surface area contributed by atoms with Gasteiger partial charge in [-0.05, 0) is 24.3 Å². The van der Waals surface area contributed by atoms with Crippen LogP contribution in [0.4, 0.5) is 16.5 Å². The standard InChI is InChI=1S/C16H16N4O4S2/c1-26(23,24)11-6-7-12(14(10-11)20(21)22)17-8-9-18-16-19-13-4-2-3-5-15(13)25-16/h2-7,10,17H,8-9H2,1H3,(H,18,19). The highest BCUT2D eigenvalue weighted by atomic mass is 32.2. The number of anilines is 2. The summed E-state index contributed by atoms with van der Waals surface area (Å²) in [6, 6.07) is 11.6. The lowest BCUT2D eigenvalue weighted by Gasteiger charge is -2.08. The Labute approximate surface area is 154 Å². The van der Waals surface area contributed by atoms with E-state index < -0.39 is 14.8 Å². The van der Waals surface area contributed by atoms with Gasteiger partial charge in [0.2, 0.25) is 0 Å². The van der Waals surface area contributed by atoms with E-state index in [2.05, 4.69) is 15.6 Å². The maximum absolute atomic E-state index is 11.6. The summed E-state index contributed by atoms with van der Waals surface area (Å²) < 4.78 is 24.2. The Hall–Kier alpha value is -2.72. The molecule has 0 fully saturated rings. The van der Waals surface area contributed by atoms with E-state index in [-0.39, 0.29) is 16.3 Å². The van der Waals surface area contributed by atoms with Crippen LogP contribution >= 0.6 is 11.3 Å². The van der Waals surface area contributed by atoms with Gasteiger partial charge in [-0.3, -0.25) is 10.1 Å². The molecule has 0 aliphatic carbocycles. The van der Waals surface area contributed by atoms with Gasteiger partial charge in [0.25, 0.3) is 5.69 Å². The van der Waals surface area contributed by atoms with Crippen molar-refractivity contribution in [3.8, 4) is 0 Å². The van der Waals surface area contributed by atoms with Gasteiger partial charge in [0.1, 0.15) is 5.69 Å². The fourth-order valence-corrected chi connectivity index (χ4v) is 3.89. The van der Waals surface area contributed by atoms with Crippen LogP contribution in [0.3, 0.4) is 0 Å². The molecule has 2 aromatic carbocycles. The van der Waals surface area contributed by atoms with E-state index >= 15 is 0 Å². The number of nitro groups is 1. The van der Waals surface area contributed by atoms with Gasteiger partial charge in [0.05, 0.1) is 20.0 Å². The molecule has 0 radical (unpaired) electrons. The summed E-state index contributed by atoms with van der Waals surface area (Å²) in [4.78, 5) is 15.0. The normalized spacial score (nSPS) is 11.4. The van der Waals surface area contributed by atoms with Gasteiger partial charge < -0.3 is 10.6 Å². The predicted molar refractivity (Wildman–Crippen MR) is 103 cm³/mol. The van der Waals surface area contributed by atoms with Crippen molar-refractivity contribution in [3.63, 3.8) is 0 Å². The minimum atomic E-state index is -3.50. The van der Waals surface area contributed by atoms with Crippen molar-refractivity contribution in [3.05, 3.63) is 52.6 Å². The second-order valence-corrected chi connectivity index (χ2v) is 8.59. The van der Waals surface area contributed by atoms with Crippen molar-refractivity contribution in [1.82, 2.24) is 4.98 Å². The summed E-state index contributed by atoms with van der Waals surface area (Å²) in [5.41, 5.74) is 0.918. The van der Waals surface area contributed by atoms with Crippen LogP contribution in [0, 0.1) is 10.1 Å². The Kier molecular flexibility index (Phi) is 5.05. The van der Waals surface area contributed by atoms with E-state index in [0.29, 0.717) is 13.1 Å². The number of nitrogens with one attached hydrogen (secondary N) is 2. The Morgan fingerprint density at radius 1 is 1.15 bits per heavy atom. The van der Waals surface area contributed by atoms with Gasteiger partial charge >= 0.3 is 0 Å². The molecule has 0 atom stereocenters. The van der Waals surface area contributed by atoms with Crippen molar-refractivity contribution in [2.24, 2.45) is 0 Å². The number of benzene rings is 2. The molecule has 136 valence electrons. The maximum Gasteiger partial charge on any atom is 0.293 e. The molecule has 0 amide bonds. The molecule has 0 aliphatic rings. The second-order valence-electron chi connectivity index (χ2n) is 5.55. The number of nitro benzene ring substituents is 1. The largest absolute Gasteiger partial charge is 0.378 e. The van der Waals surface area contributed by atoms with E-state index in [1.165, 1.54) is 23.5 Å². The Morgan fingerprint density at radius 3 is 2.58 bits per heavy atom. The molecule has 8 nitrogen and oxygen atoms in total. The van der Waals surface area contributed by atoms with Crippen molar-refractivity contribution in [1.29, 1.82) is 0 Å². The van der Waals surface area contributed by atoms with Gasteiger partial charge in [-0.2, -0.15) is 0 Å². The Balaban J connectivity index is 1.64. The average Bonchev–Trinajstić information content (AvgIpc) is 3.00. The molecule has 0 saturated heterocycles. The van der Waals surface area contributed by atoms with E-state index in [1.807, 2.05) is 24.3 Å². The number of sulfone groups is 1. The molecule has 1 aromatic heterocycles. The van der Waals surface area contributed by atoms with Crippen molar-refractivity contribution < 1.29 is 13.3 Å². The minimum absolute atomic E-state index is 0.0812. The molecule has 0 unspecified atom stereocenters. The van der Waals surface area contributed by atoms with E-state index in [0.717, 1.165) is 27.7 Å². The highest BCUT2D eigenvalue weighted by Gasteiger charge is 2.18. The molecule has 0 saturated carbocycles. The van der Waals surface area contributed by atoms with E-state index in [1.54, 1.807) is 0 Å². The number of para-hydroxylation sites is 1. The Bertz CT molecular complexity index is 1030. The number of rotatable bonds is 7. The molecule has 0 spiro atoms. The number of nitrogens with zero attached hydrogens (tertiary/aromatic N) is 2. The Morgan fingerprint density at radius 2 is 1.88 bits per heavy atom. The zero-order chi connectivity index (χ0) is 18.7. The number of thiazole rings is 1. The average molecular weight is 392 g/mol. The molecule has 10 heteroatoms. The van der Waals surface area contributed by atoms with Gasteiger partial charge in [-0.25, -0.2) is 13.4 Å². The smallest absolute Gasteiger partial charge is 0.293 e. The van der Waals surface area contributed by atoms with Crippen LogP contribution < -0.4 is 10.6 Å². The maximum atomic E-state index is 11.6. The van der Waals surface area contributed by atoms with Crippen LogP contribution in [0.25, 0.3) is 10.2 Å². The van der Waals surface area contributed by atoms with Crippen molar-refractivity contribution >= 4 is 47.9 Å². The minimum Gasteiger partial charge on any atom is -0.378 e. The predicted octanol–water partition coefficient (Wildman–Crippen LogP) is 3.13. The monoisotopic (exact) mass is 392 g/mol. The first-order valence-corrected chi connectivity index (χ1v) is 10.4. The molecular formula is C16H16N4O4S2. The van der Waals surface area contributed by atoms with Crippen LogP contribution in [0.2, 0.25) is 0 Å². The molecule has 1 heterocycles. The summed E-state index contributed by atoms with van der Waals surface area (Å²) in [7, 11) is -3.50. The molecular weight excluding hydrogens is 376 g/mol. The van der Waals surface area contributed by atoms with Crippen LogP contribution in [0.15, 0.2) is 47.4 Å². The first kappa shape index (κ1) is 18.1. The second kappa shape index (κ2) is 7.26. The third-order valence-electron chi connectivity index (χ3n) is 3.60. The van der Waals surface area contributed by atoms with Gasteiger partial charge in [-0.15, -0.1) is 0 Å². The number of hydrogen-bond acceptors (Lipinski definition) is 8. The van der Waals surface area contributed by atoms with E-state index in [4.69, 9.17) is 0 Å². The van der Waals surface area contributed by atoms with Crippen molar-refractivity contribution in [2.75, 3.05) is 30.0 Å². The molecule has 0 bridgehead atoms. The van der Waals surface area contributed by atoms with Gasteiger partial charge in [-0.1, -0.05) is 23.5 Å².